The minimum atomic E-state index is -0.134. The van der Waals surface area contributed by atoms with E-state index in [1.807, 2.05) is 6.82 Å². The zero-order chi connectivity index (χ0) is 15.0. The highest BCUT2D eigenvalue weighted by Crippen LogP contribution is 2.36. The molecule has 0 aromatic carbocycles. The van der Waals surface area contributed by atoms with E-state index >= 15 is 0 Å². The van der Waals surface area contributed by atoms with E-state index in [9.17, 15) is 0 Å². The van der Waals surface area contributed by atoms with Gasteiger partial charge in [-0.25, -0.2) is 0 Å². The van der Waals surface area contributed by atoms with Crippen molar-refractivity contribution in [2.75, 3.05) is 13.2 Å². The monoisotopic (exact) mass is 282 g/mol. The van der Waals surface area contributed by atoms with E-state index < -0.39 is 0 Å². The van der Waals surface area contributed by atoms with Gasteiger partial charge in [-0.1, -0.05) is 6.92 Å². The fourth-order valence-electron chi connectivity index (χ4n) is 3.30. The van der Waals surface area contributed by atoms with Crippen LogP contribution < -0.4 is 0 Å². The average Bonchev–Trinajstić information content (AvgIpc) is 2.27. The fraction of sp³-hybridized carbons (Fsp3) is 1.00. The minimum absolute atomic E-state index is 0.0605. The Morgan fingerprint density at radius 2 is 1.40 bits per heavy atom. The third kappa shape index (κ3) is 4.48. The van der Waals surface area contributed by atoms with Crippen molar-refractivity contribution in [1.82, 2.24) is 0 Å². The summed E-state index contributed by atoms with van der Waals surface area (Å²) in [6, 6.07) is 0. The van der Waals surface area contributed by atoms with Crippen LogP contribution in [-0.2, 0) is 18.6 Å². The van der Waals surface area contributed by atoms with Crippen LogP contribution in [0, 0.1) is 5.41 Å². The fourth-order valence-corrected chi connectivity index (χ4v) is 3.30. The van der Waals surface area contributed by atoms with Crippen molar-refractivity contribution in [1.29, 1.82) is 0 Å². The molecule has 114 valence electrons. The van der Waals surface area contributed by atoms with Gasteiger partial charge in [0.1, 0.15) is 0 Å². The van der Waals surface area contributed by atoms with Crippen molar-refractivity contribution in [2.45, 2.75) is 71.8 Å². The van der Waals surface area contributed by atoms with Crippen LogP contribution >= 0.6 is 0 Å². The van der Waals surface area contributed by atoms with Gasteiger partial charge in [0.2, 0.25) is 0 Å². The maximum Gasteiger partial charge on any atom is 0.457 e. The molecule has 0 aromatic heterocycles. The van der Waals surface area contributed by atoms with E-state index in [1.165, 1.54) is 0 Å². The summed E-state index contributed by atoms with van der Waals surface area (Å²) in [6.45, 7) is 14.2. The van der Waals surface area contributed by atoms with Gasteiger partial charge in [-0.2, -0.15) is 0 Å². The van der Waals surface area contributed by atoms with Gasteiger partial charge in [0.25, 0.3) is 0 Å². The number of hydrogen-bond donors (Lipinski definition) is 0. The second kappa shape index (κ2) is 5.64. The zero-order valence-corrected chi connectivity index (χ0v) is 13.8. The molecule has 0 aromatic rings. The highest BCUT2D eigenvalue weighted by molar-refractivity contribution is 6.45. The van der Waals surface area contributed by atoms with Crippen LogP contribution in [0.5, 0.6) is 0 Å². The summed E-state index contributed by atoms with van der Waals surface area (Å²) in [7, 11) is -0.215. The lowest BCUT2D eigenvalue weighted by Crippen LogP contribution is -2.52. The smallest absolute Gasteiger partial charge is 0.411 e. The molecule has 4 nitrogen and oxygen atoms in total. The highest BCUT2D eigenvalue weighted by atomic mass is 16.6. The summed E-state index contributed by atoms with van der Waals surface area (Å²) in [6.07, 6.45) is 2.78. The van der Waals surface area contributed by atoms with Crippen LogP contribution in [0.15, 0.2) is 0 Å². The largest absolute Gasteiger partial charge is 0.457 e. The van der Waals surface area contributed by atoms with E-state index in [0.717, 1.165) is 32.4 Å². The first-order chi connectivity index (χ1) is 9.09. The van der Waals surface area contributed by atoms with Crippen molar-refractivity contribution in [2.24, 2.45) is 5.41 Å². The van der Waals surface area contributed by atoms with Gasteiger partial charge in [0.15, 0.2) is 0 Å². The molecule has 0 spiro atoms. The van der Waals surface area contributed by atoms with Gasteiger partial charge in [0.05, 0.1) is 11.2 Å². The Kier molecular flexibility index (Phi) is 4.60. The Labute approximate surface area is 124 Å². The first-order valence-electron chi connectivity index (χ1n) is 7.68. The van der Waals surface area contributed by atoms with E-state index in [2.05, 4.69) is 34.6 Å². The molecule has 0 N–H and O–H groups in total. The number of hydrogen-bond acceptors (Lipinski definition) is 4. The maximum absolute atomic E-state index is 6.06. The summed E-state index contributed by atoms with van der Waals surface area (Å²) in [5.41, 5.74) is -0.187. The van der Waals surface area contributed by atoms with Crippen molar-refractivity contribution in [3.8, 4) is 0 Å². The molecular weight excluding hydrogens is 254 g/mol. The molecule has 0 amide bonds. The Balaban J connectivity index is 1.87. The van der Waals surface area contributed by atoms with Crippen LogP contribution in [0.25, 0.3) is 0 Å². The molecule has 20 heavy (non-hydrogen) atoms. The lowest BCUT2D eigenvalue weighted by atomic mass is 9.70. The summed E-state index contributed by atoms with van der Waals surface area (Å²) >= 11 is 0. The van der Waals surface area contributed by atoms with Gasteiger partial charge in [0, 0.05) is 25.0 Å². The predicted octanol–water partition coefficient (Wildman–Crippen LogP) is 3.03. The Bertz CT molecular complexity index is 322. The van der Waals surface area contributed by atoms with E-state index in [4.69, 9.17) is 18.6 Å². The molecule has 6 heteroatoms. The SMILES string of the molecule is CB1OCC(C)(CCB2OC(C)(C)CC(C)(C)O2)CO1. The molecule has 0 bridgehead atoms. The van der Waals surface area contributed by atoms with Crippen molar-refractivity contribution in [3.63, 3.8) is 0 Å². The van der Waals surface area contributed by atoms with Crippen molar-refractivity contribution < 1.29 is 18.6 Å². The molecule has 2 heterocycles. The van der Waals surface area contributed by atoms with Gasteiger partial charge in [-0.05, 0) is 47.3 Å². The van der Waals surface area contributed by atoms with Gasteiger partial charge in [-0.15, -0.1) is 0 Å². The maximum atomic E-state index is 6.06. The standard InChI is InChI=1S/C14H28B2O4/c1-12(2)9-13(3,4)20-16(19-12)8-7-14(5)10-17-15(6)18-11-14/h7-11H2,1-6H3. The first-order valence-corrected chi connectivity index (χ1v) is 7.68. The molecular formula is C14H28B2O4. The topological polar surface area (TPSA) is 36.9 Å². The molecule has 2 aliphatic rings. The Morgan fingerprint density at radius 1 is 0.900 bits per heavy atom. The Hall–Kier alpha value is -0.0301. The van der Waals surface area contributed by atoms with Crippen LogP contribution in [0.1, 0.15) is 47.5 Å². The number of rotatable bonds is 3. The molecule has 2 fully saturated rings. The zero-order valence-electron chi connectivity index (χ0n) is 13.8. The Morgan fingerprint density at radius 3 is 1.90 bits per heavy atom. The highest BCUT2D eigenvalue weighted by Gasteiger charge is 2.43. The average molecular weight is 282 g/mol. The molecule has 2 aliphatic heterocycles. The molecule has 0 atom stereocenters. The van der Waals surface area contributed by atoms with E-state index in [0.29, 0.717) is 0 Å². The minimum Gasteiger partial charge on any atom is -0.411 e. The van der Waals surface area contributed by atoms with Crippen molar-refractivity contribution >= 4 is 14.2 Å². The summed E-state index contributed by atoms with van der Waals surface area (Å²) < 4.78 is 23.3. The molecule has 0 aliphatic carbocycles. The van der Waals surface area contributed by atoms with Crippen molar-refractivity contribution in [3.05, 3.63) is 0 Å². The molecule has 2 saturated heterocycles. The second-order valence-corrected chi connectivity index (χ2v) is 7.90. The summed E-state index contributed by atoms with van der Waals surface area (Å²) in [5.74, 6) is 0. The lowest BCUT2D eigenvalue weighted by Gasteiger charge is -2.45. The quantitative estimate of drug-likeness (QED) is 0.745. The van der Waals surface area contributed by atoms with Crippen LogP contribution in [-0.4, -0.2) is 38.7 Å². The van der Waals surface area contributed by atoms with Crippen LogP contribution in [0.3, 0.4) is 0 Å². The van der Waals surface area contributed by atoms with Crippen LogP contribution in [0.4, 0.5) is 0 Å². The van der Waals surface area contributed by atoms with Gasteiger partial charge >= 0.3 is 14.2 Å². The second-order valence-electron chi connectivity index (χ2n) is 7.90. The third-order valence-corrected chi connectivity index (χ3v) is 4.07. The lowest BCUT2D eigenvalue weighted by molar-refractivity contribution is -0.0784. The van der Waals surface area contributed by atoms with E-state index in [-0.39, 0.29) is 30.9 Å². The summed E-state index contributed by atoms with van der Waals surface area (Å²) in [4.78, 5) is 0. The first kappa shape index (κ1) is 16.3. The third-order valence-electron chi connectivity index (χ3n) is 4.07. The molecule has 0 saturated carbocycles. The molecule has 0 radical (unpaired) electrons. The van der Waals surface area contributed by atoms with Crippen LogP contribution in [0.2, 0.25) is 13.1 Å². The van der Waals surface area contributed by atoms with Gasteiger partial charge in [-0.3, -0.25) is 0 Å². The normalized spacial score (nSPS) is 28.5. The molecule has 2 rings (SSSR count). The van der Waals surface area contributed by atoms with Gasteiger partial charge < -0.3 is 18.6 Å². The predicted molar refractivity (Wildman–Crippen MR) is 81.8 cm³/mol. The van der Waals surface area contributed by atoms with E-state index in [1.54, 1.807) is 0 Å². The molecule has 0 unspecified atom stereocenters. The summed E-state index contributed by atoms with van der Waals surface area (Å²) in [5, 5.41) is 0.